The maximum atomic E-state index is 3.85. The third-order valence-electron chi connectivity index (χ3n) is 0.847. The minimum absolute atomic E-state index is 0. The number of hydrogen-bond donors (Lipinski definition) is 0. The maximum Gasteiger partial charge on any atom is 0.0270 e. The Morgan fingerprint density at radius 2 is 1.50 bits per heavy atom. The number of aryl methyl sites for hydroxylation is 1. The van der Waals surface area contributed by atoms with E-state index in [1.165, 1.54) is 5.56 Å². The Kier molecular flexibility index (Phi) is 9.61. The summed E-state index contributed by atoms with van der Waals surface area (Å²) < 4.78 is 0. The molecule has 0 aliphatic heterocycles. The van der Waals surface area contributed by atoms with Crippen LogP contribution in [0.25, 0.3) is 0 Å². The van der Waals surface area contributed by atoms with Crippen LogP contribution in [0.5, 0.6) is 0 Å². The van der Waals surface area contributed by atoms with E-state index in [0.29, 0.717) is 0 Å². The van der Waals surface area contributed by atoms with Crippen molar-refractivity contribution in [3.8, 4) is 0 Å². The highest BCUT2D eigenvalue weighted by Gasteiger charge is 1.72. The highest BCUT2D eigenvalue weighted by Crippen LogP contribution is 1.88. The van der Waals surface area contributed by atoms with Crippen LogP contribution in [0.3, 0.4) is 0 Å². The third-order valence-corrected chi connectivity index (χ3v) is 0.847. The summed E-state index contributed by atoms with van der Waals surface area (Å²) in [5.41, 5.74) is 1.26. The molecule has 0 aliphatic carbocycles. The molecule has 0 unspecified atom stereocenters. The molecule has 0 fully saturated rings. The molecule has 2 N–H and O–H groups in total. The van der Waals surface area contributed by atoms with Crippen molar-refractivity contribution in [2.24, 2.45) is 0 Å². The fourth-order valence-electron chi connectivity index (χ4n) is 0.426. The van der Waals surface area contributed by atoms with Crippen LogP contribution in [0.1, 0.15) is 19.4 Å². The molecule has 0 saturated heterocycles. The van der Waals surface area contributed by atoms with Crippen molar-refractivity contribution in [2.45, 2.75) is 20.8 Å². The number of aromatic nitrogens is 1. The molecule has 0 amide bonds. The first-order valence-corrected chi connectivity index (χ1v) is 3.26. The van der Waals surface area contributed by atoms with Gasteiger partial charge < -0.3 is 5.48 Å². The molecule has 0 bridgehead atoms. The van der Waals surface area contributed by atoms with Gasteiger partial charge in [-0.05, 0) is 24.6 Å². The van der Waals surface area contributed by atoms with E-state index in [0.717, 1.165) is 0 Å². The first-order valence-electron chi connectivity index (χ1n) is 3.26. The Morgan fingerprint density at radius 3 is 1.70 bits per heavy atom. The number of rotatable bonds is 0. The average Bonchev–Trinajstić information content (AvgIpc) is 1.94. The SMILES string of the molecule is CC.Cc1ccncc1.O. The molecule has 58 valence electrons. The van der Waals surface area contributed by atoms with E-state index >= 15 is 0 Å². The minimum Gasteiger partial charge on any atom is -0.412 e. The molecule has 0 radical (unpaired) electrons. The summed E-state index contributed by atoms with van der Waals surface area (Å²) in [5.74, 6) is 0. The summed E-state index contributed by atoms with van der Waals surface area (Å²) in [6, 6.07) is 3.94. The van der Waals surface area contributed by atoms with Crippen molar-refractivity contribution < 1.29 is 5.48 Å². The van der Waals surface area contributed by atoms with Gasteiger partial charge in [-0.25, -0.2) is 0 Å². The summed E-state index contributed by atoms with van der Waals surface area (Å²) in [4.78, 5) is 3.85. The molecule has 1 aromatic rings. The van der Waals surface area contributed by atoms with Crippen LogP contribution in [-0.2, 0) is 0 Å². The first kappa shape index (κ1) is 11.9. The molecule has 2 nitrogen and oxygen atoms in total. The van der Waals surface area contributed by atoms with E-state index in [2.05, 4.69) is 4.98 Å². The van der Waals surface area contributed by atoms with E-state index in [1.54, 1.807) is 12.4 Å². The second-order valence-corrected chi connectivity index (χ2v) is 1.52. The van der Waals surface area contributed by atoms with Gasteiger partial charge >= 0.3 is 0 Å². The van der Waals surface area contributed by atoms with Crippen LogP contribution in [0.15, 0.2) is 24.5 Å². The van der Waals surface area contributed by atoms with E-state index in [9.17, 15) is 0 Å². The normalized spacial score (nSPS) is 6.70. The average molecular weight is 141 g/mol. The topological polar surface area (TPSA) is 44.4 Å². The van der Waals surface area contributed by atoms with Gasteiger partial charge in [-0.2, -0.15) is 0 Å². The molecule has 1 heterocycles. The zero-order valence-electron chi connectivity index (χ0n) is 6.76. The monoisotopic (exact) mass is 141 g/mol. The van der Waals surface area contributed by atoms with Gasteiger partial charge in [-0.1, -0.05) is 13.8 Å². The molecular formula is C8H15NO. The Labute approximate surface area is 62.2 Å². The van der Waals surface area contributed by atoms with Crippen LogP contribution >= 0.6 is 0 Å². The van der Waals surface area contributed by atoms with Crippen LogP contribution < -0.4 is 0 Å². The Balaban J connectivity index is 0. The zero-order chi connectivity index (χ0) is 7.11. The summed E-state index contributed by atoms with van der Waals surface area (Å²) >= 11 is 0. The van der Waals surface area contributed by atoms with Gasteiger partial charge in [0.1, 0.15) is 0 Å². The van der Waals surface area contributed by atoms with E-state index < -0.39 is 0 Å². The predicted octanol–water partition coefficient (Wildman–Crippen LogP) is 1.59. The van der Waals surface area contributed by atoms with Crippen molar-refractivity contribution in [1.29, 1.82) is 0 Å². The van der Waals surface area contributed by atoms with Crippen molar-refractivity contribution in [1.82, 2.24) is 4.98 Å². The maximum absolute atomic E-state index is 3.85. The Hall–Kier alpha value is -0.890. The minimum atomic E-state index is 0. The molecular weight excluding hydrogens is 126 g/mol. The smallest absolute Gasteiger partial charge is 0.0270 e. The van der Waals surface area contributed by atoms with Gasteiger partial charge in [0.2, 0.25) is 0 Å². The largest absolute Gasteiger partial charge is 0.412 e. The first-order chi connectivity index (χ1) is 4.39. The zero-order valence-corrected chi connectivity index (χ0v) is 6.76. The molecule has 0 aromatic carbocycles. The predicted molar refractivity (Wildman–Crippen MR) is 43.9 cm³/mol. The third kappa shape index (κ3) is 5.25. The lowest BCUT2D eigenvalue weighted by atomic mass is 10.3. The van der Waals surface area contributed by atoms with Crippen molar-refractivity contribution in [3.05, 3.63) is 30.1 Å². The van der Waals surface area contributed by atoms with Gasteiger partial charge in [-0.15, -0.1) is 0 Å². The second-order valence-electron chi connectivity index (χ2n) is 1.52. The molecule has 1 aromatic heterocycles. The van der Waals surface area contributed by atoms with Crippen molar-refractivity contribution in [2.75, 3.05) is 0 Å². The molecule has 0 saturated carbocycles. The molecule has 0 aliphatic rings. The van der Waals surface area contributed by atoms with Gasteiger partial charge in [0, 0.05) is 12.4 Å². The summed E-state index contributed by atoms with van der Waals surface area (Å²) in [6.45, 7) is 6.04. The highest BCUT2D eigenvalue weighted by atomic mass is 16.0. The lowest BCUT2D eigenvalue weighted by molar-refractivity contribution is 0.824. The summed E-state index contributed by atoms with van der Waals surface area (Å²) in [7, 11) is 0. The fraction of sp³-hybridized carbons (Fsp3) is 0.375. The van der Waals surface area contributed by atoms with E-state index in [-0.39, 0.29) is 5.48 Å². The molecule has 2 heteroatoms. The van der Waals surface area contributed by atoms with Crippen molar-refractivity contribution in [3.63, 3.8) is 0 Å². The standard InChI is InChI=1S/C6H7N.C2H6.H2O/c1-6-2-4-7-5-3-6;1-2;/h2-5H,1H3;1-2H3;1H2. The van der Waals surface area contributed by atoms with Crippen LogP contribution in [0, 0.1) is 6.92 Å². The lowest BCUT2D eigenvalue weighted by Crippen LogP contribution is -1.68. The summed E-state index contributed by atoms with van der Waals surface area (Å²) in [5, 5.41) is 0. The van der Waals surface area contributed by atoms with E-state index in [1.807, 2.05) is 32.9 Å². The number of nitrogens with zero attached hydrogens (tertiary/aromatic N) is 1. The van der Waals surface area contributed by atoms with E-state index in [4.69, 9.17) is 0 Å². The molecule has 1 rings (SSSR count). The van der Waals surface area contributed by atoms with Crippen LogP contribution in [0.4, 0.5) is 0 Å². The Morgan fingerprint density at radius 1 is 1.10 bits per heavy atom. The highest BCUT2D eigenvalue weighted by molar-refractivity contribution is 5.05. The van der Waals surface area contributed by atoms with Gasteiger partial charge in [0.25, 0.3) is 0 Å². The number of hydrogen-bond acceptors (Lipinski definition) is 1. The molecule has 10 heavy (non-hydrogen) atoms. The van der Waals surface area contributed by atoms with Gasteiger partial charge in [-0.3, -0.25) is 4.98 Å². The second kappa shape index (κ2) is 8.11. The number of pyridine rings is 1. The van der Waals surface area contributed by atoms with Crippen LogP contribution in [0.2, 0.25) is 0 Å². The summed E-state index contributed by atoms with van der Waals surface area (Å²) in [6.07, 6.45) is 3.57. The van der Waals surface area contributed by atoms with Gasteiger partial charge in [0.15, 0.2) is 0 Å². The van der Waals surface area contributed by atoms with Gasteiger partial charge in [0.05, 0.1) is 0 Å². The quantitative estimate of drug-likeness (QED) is 0.541. The lowest BCUT2D eigenvalue weighted by Gasteiger charge is -1.82. The fourth-order valence-corrected chi connectivity index (χ4v) is 0.426. The molecule has 0 spiro atoms. The Bertz CT molecular complexity index is 139. The molecule has 0 atom stereocenters. The van der Waals surface area contributed by atoms with Crippen LogP contribution in [-0.4, -0.2) is 10.5 Å². The van der Waals surface area contributed by atoms with Crippen molar-refractivity contribution >= 4 is 0 Å².